The Kier molecular flexibility index (Phi) is 2.32. The summed E-state index contributed by atoms with van der Waals surface area (Å²) in [5.41, 5.74) is 0.523. The Morgan fingerprint density at radius 1 is 0.421 bits per heavy atom. The van der Waals surface area contributed by atoms with E-state index < -0.39 is 90.6 Å². The van der Waals surface area contributed by atoms with Crippen LogP contribution in [0.2, 0.25) is 0 Å². The van der Waals surface area contributed by atoms with E-state index >= 15 is 0 Å². The van der Waals surface area contributed by atoms with Gasteiger partial charge in [0.25, 0.3) is 0 Å². The van der Waals surface area contributed by atoms with Gasteiger partial charge in [0.1, 0.15) is 0 Å². The summed E-state index contributed by atoms with van der Waals surface area (Å²) >= 11 is 0. The molecule has 0 spiro atoms. The quantitative estimate of drug-likeness (QED) is 0.229. The van der Waals surface area contributed by atoms with Crippen LogP contribution in [0.5, 0.6) is 0 Å². The molecular formula is C36H24N2. The molecule has 0 saturated carbocycles. The highest BCUT2D eigenvalue weighted by molar-refractivity contribution is 6.15. The zero-order valence-corrected chi connectivity index (χ0v) is 19.5. The average Bonchev–Trinajstić information content (AvgIpc) is 3.71. The van der Waals surface area contributed by atoms with Gasteiger partial charge < -0.3 is 9.13 Å². The molecule has 178 valence electrons. The lowest BCUT2D eigenvalue weighted by molar-refractivity contribution is 1.13. The molecule has 0 aliphatic rings. The summed E-state index contributed by atoms with van der Waals surface area (Å²) in [6.45, 7) is 0. The molecule has 8 aromatic rings. The van der Waals surface area contributed by atoms with Crippen molar-refractivity contribution < 1.29 is 21.9 Å². The van der Waals surface area contributed by atoms with Gasteiger partial charge >= 0.3 is 0 Å². The maximum Gasteiger partial charge on any atom is 0.0782 e. The second kappa shape index (κ2) is 8.22. The van der Waals surface area contributed by atoms with Gasteiger partial charge in [-0.3, -0.25) is 0 Å². The molecule has 0 fully saturated rings. The molecule has 0 aliphatic carbocycles. The molecular weight excluding hydrogens is 460 g/mol. The van der Waals surface area contributed by atoms with Crippen LogP contribution >= 0.6 is 0 Å². The van der Waals surface area contributed by atoms with Crippen LogP contribution in [0.1, 0.15) is 21.9 Å². The predicted octanol–water partition coefficient (Wildman–Crippen LogP) is 9.55. The van der Waals surface area contributed by atoms with E-state index in [-0.39, 0.29) is 55.0 Å². The van der Waals surface area contributed by atoms with Gasteiger partial charge in [0, 0.05) is 27.2 Å². The molecule has 0 N–H and O–H groups in total. The molecule has 0 saturated heterocycles. The first kappa shape index (κ1) is 10.7. The van der Waals surface area contributed by atoms with E-state index in [0.29, 0.717) is 6.04 Å². The standard InChI is InChI=1S/C36H24N2/c1-2-11-25(12-3-1)26-21-23-27(24-22-26)37-32-17-7-6-15-30(32)31-16-10-20-35(36(31)37)38-33-18-8-4-13-28(33)29-14-5-9-19-34(29)38/h1-24H/i1D,4D,5D,6D,7D,8D,9D,10D,13D,14D,15D,16D,17D,18D,19D,20D. The fourth-order valence-corrected chi connectivity index (χ4v) is 5.00. The average molecular weight is 501 g/mol. The Hall–Kier alpha value is -5.08. The Morgan fingerprint density at radius 3 is 1.55 bits per heavy atom. The first-order valence-electron chi connectivity index (χ1n) is 19.7. The number of rotatable bonds is 3. The van der Waals surface area contributed by atoms with Crippen molar-refractivity contribution in [1.82, 2.24) is 9.13 Å². The van der Waals surface area contributed by atoms with E-state index in [2.05, 4.69) is 0 Å². The van der Waals surface area contributed by atoms with Gasteiger partial charge in [-0.15, -0.1) is 0 Å². The minimum atomic E-state index is -0.702. The van der Waals surface area contributed by atoms with E-state index in [1.165, 1.54) is 4.57 Å². The van der Waals surface area contributed by atoms with Crippen LogP contribution in [0.25, 0.3) is 66.1 Å². The minimum Gasteiger partial charge on any atom is -0.307 e. The number of para-hydroxylation sites is 4. The van der Waals surface area contributed by atoms with Crippen molar-refractivity contribution in [3.8, 4) is 22.5 Å². The van der Waals surface area contributed by atoms with Crippen molar-refractivity contribution in [2.75, 3.05) is 0 Å². The first-order chi connectivity index (χ1) is 25.5. The fourth-order valence-electron chi connectivity index (χ4n) is 5.00. The highest BCUT2D eigenvalue weighted by Gasteiger charge is 2.19. The van der Waals surface area contributed by atoms with Gasteiger partial charge in [-0.05, 0) is 47.4 Å². The topological polar surface area (TPSA) is 9.86 Å². The zero-order valence-electron chi connectivity index (χ0n) is 35.5. The van der Waals surface area contributed by atoms with Gasteiger partial charge in [0.15, 0.2) is 0 Å². The second-order valence-electron chi connectivity index (χ2n) is 8.62. The summed E-state index contributed by atoms with van der Waals surface area (Å²) in [4.78, 5) is 0. The van der Waals surface area contributed by atoms with Crippen molar-refractivity contribution in [2.45, 2.75) is 0 Å². The van der Waals surface area contributed by atoms with Crippen LogP contribution in [0.15, 0.2) is 145 Å². The van der Waals surface area contributed by atoms with Gasteiger partial charge in [-0.25, -0.2) is 0 Å². The Labute approximate surface area is 243 Å². The molecule has 6 aromatic carbocycles. The lowest BCUT2D eigenvalue weighted by Gasteiger charge is -2.14. The lowest BCUT2D eigenvalue weighted by atomic mass is 10.1. The molecule has 38 heavy (non-hydrogen) atoms. The summed E-state index contributed by atoms with van der Waals surface area (Å²) in [6.07, 6.45) is 0. The molecule has 0 radical (unpaired) electrons. The number of hydrogen-bond donors (Lipinski definition) is 0. The van der Waals surface area contributed by atoms with E-state index in [1.54, 1.807) is 48.5 Å². The molecule has 2 aromatic heterocycles. The van der Waals surface area contributed by atoms with Crippen molar-refractivity contribution >= 4 is 43.6 Å². The molecule has 0 unspecified atom stereocenters. The zero-order chi connectivity index (χ0) is 39.0. The van der Waals surface area contributed by atoms with E-state index in [0.717, 1.165) is 15.7 Å². The van der Waals surface area contributed by atoms with Crippen LogP contribution in [-0.2, 0) is 0 Å². The maximum atomic E-state index is 9.36. The maximum absolute atomic E-state index is 9.36. The molecule has 0 atom stereocenters. The monoisotopic (exact) mass is 500 g/mol. The molecule has 0 bridgehead atoms. The second-order valence-corrected chi connectivity index (χ2v) is 8.62. The normalized spacial score (nSPS) is 17.6. The molecule has 8 rings (SSSR count). The summed E-state index contributed by atoms with van der Waals surface area (Å²) in [7, 11) is 0. The van der Waals surface area contributed by atoms with Gasteiger partial charge in [-0.2, -0.15) is 0 Å². The van der Waals surface area contributed by atoms with E-state index in [1.807, 2.05) is 0 Å². The molecule has 0 amide bonds. The minimum absolute atomic E-state index is 0.119. The summed E-state index contributed by atoms with van der Waals surface area (Å²) < 4.78 is 143. The van der Waals surface area contributed by atoms with Crippen molar-refractivity contribution in [1.29, 1.82) is 0 Å². The fraction of sp³-hybridized carbons (Fsp3) is 0. The SMILES string of the molecule is [2H]c1ccc(-c2ccc(-n3c4c([2H])c([2H])c([2H])c([2H])c4c4c([2H])c([2H])c([2H])c(-n5c6c([2H])c([2H])c([2H])c([2H])c6c6c([2H])c([2H])c([2H])c([2H])c65)c43)cc2)cc1. The van der Waals surface area contributed by atoms with Crippen LogP contribution < -0.4 is 0 Å². The van der Waals surface area contributed by atoms with Crippen LogP contribution in [-0.4, -0.2) is 9.13 Å². The van der Waals surface area contributed by atoms with Crippen LogP contribution in [0, 0.1) is 0 Å². The van der Waals surface area contributed by atoms with Crippen molar-refractivity contribution in [2.24, 2.45) is 0 Å². The van der Waals surface area contributed by atoms with Gasteiger partial charge in [0.2, 0.25) is 0 Å². The summed E-state index contributed by atoms with van der Waals surface area (Å²) in [5.74, 6) is 0. The number of fused-ring (bicyclic) bond motifs is 6. The number of nitrogens with zero attached hydrogens (tertiary/aromatic N) is 2. The third kappa shape index (κ3) is 3.01. The van der Waals surface area contributed by atoms with Gasteiger partial charge in [0.05, 0.1) is 49.7 Å². The number of benzene rings is 6. The lowest BCUT2D eigenvalue weighted by Crippen LogP contribution is -2.00. The van der Waals surface area contributed by atoms with E-state index in [9.17, 15) is 1.37 Å². The van der Waals surface area contributed by atoms with Crippen molar-refractivity contribution in [3.63, 3.8) is 0 Å². The number of hydrogen-bond acceptors (Lipinski definition) is 0. The van der Waals surface area contributed by atoms with Crippen molar-refractivity contribution in [3.05, 3.63) is 145 Å². The van der Waals surface area contributed by atoms with E-state index in [4.69, 9.17) is 20.6 Å². The molecule has 2 heteroatoms. The van der Waals surface area contributed by atoms with Crippen LogP contribution in [0.3, 0.4) is 0 Å². The predicted molar refractivity (Wildman–Crippen MR) is 161 cm³/mol. The third-order valence-electron chi connectivity index (χ3n) is 6.63. The van der Waals surface area contributed by atoms with Gasteiger partial charge in [-0.1, -0.05) is 109 Å². The number of aromatic nitrogens is 2. The largest absolute Gasteiger partial charge is 0.307 e. The molecule has 0 aliphatic heterocycles. The third-order valence-corrected chi connectivity index (χ3v) is 6.63. The smallest absolute Gasteiger partial charge is 0.0782 e. The summed E-state index contributed by atoms with van der Waals surface area (Å²) in [5, 5.41) is -0.880. The first-order valence-corrected chi connectivity index (χ1v) is 11.7. The molecule has 2 nitrogen and oxygen atoms in total. The highest BCUT2D eigenvalue weighted by atomic mass is 15.1. The Balaban J connectivity index is 1.68. The highest BCUT2D eigenvalue weighted by Crippen LogP contribution is 2.39. The summed E-state index contributed by atoms with van der Waals surface area (Å²) in [6, 6.07) is 4.33. The Bertz CT molecular complexity index is 2910. The Morgan fingerprint density at radius 2 is 0.921 bits per heavy atom. The van der Waals surface area contributed by atoms with Crippen LogP contribution in [0.4, 0.5) is 0 Å². The molecule has 2 heterocycles.